The molecule has 0 radical (unpaired) electrons. The van der Waals surface area contributed by atoms with Crippen LogP contribution in [-0.4, -0.2) is 36.2 Å². The quantitative estimate of drug-likeness (QED) is 0.809. The van der Waals surface area contributed by atoms with Crippen LogP contribution in [0.15, 0.2) is 36.4 Å². The van der Waals surface area contributed by atoms with Gasteiger partial charge in [0, 0.05) is 6.54 Å². The summed E-state index contributed by atoms with van der Waals surface area (Å²) in [6, 6.07) is 7.72. The molecule has 3 nitrogen and oxygen atoms in total. The van der Waals surface area contributed by atoms with Gasteiger partial charge >= 0.3 is 0 Å². The van der Waals surface area contributed by atoms with Gasteiger partial charge in [0.25, 0.3) is 0 Å². The Morgan fingerprint density at radius 3 is 2.50 bits per heavy atom. The summed E-state index contributed by atoms with van der Waals surface area (Å²) in [4.78, 5) is 2.35. The van der Waals surface area contributed by atoms with Crippen LogP contribution in [0.25, 0.3) is 0 Å². The zero-order chi connectivity index (χ0) is 14.4. The monoisotopic (exact) mass is 275 g/mol. The zero-order valence-electron chi connectivity index (χ0n) is 12.3. The molecule has 2 rings (SSSR count). The lowest BCUT2D eigenvalue weighted by Crippen LogP contribution is -2.33. The highest BCUT2D eigenvalue weighted by Gasteiger charge is 2.15. The molecule has 0 aliphatic carbocycles. The second kappa shape index (κ2) is 7.46. The number of hydrogen-bond donors (Lipinski definition) is 1. The van der Waals surface area contributed by atoms with E-state index in [1.807, 2.05) is 31.2 Å². The van der Waals surface area contributed by atoms with Crippen LogP contribution >= 0.6 is 0 Å². The van der Waals surface area contributed by atoms with E-state index in [0.717, 1.165) is 36.5 Å². The molecular formula is C17H25NO2. The van der Waals surface area contributed by atoms with E-state index in [-0.39, 0.29) is 0 Å². The lowest BCUT2D eigenvalue weighted by atomic mass is 10.1. The van der Waals surface area contributed by atoms with Crippen LogP contribution in [0.2, 0.25) is 0 Å². The van der Waals surface area contributed by atoms with Crippen LogP contribution in [0, 0.1) is 0 Å². The molecule has 3 heteroatoms. The lowest BCUT2D eigenvalue weighted by molar-refractivity contribution is 0.101. The fraction of sp³-hybridized carbons (Fsp3) is 0.529. The fourth-order valence-corrected chi connectivity index (χ4v) is 2.48. The van der Waals surface area contributed by atoms with Crippen LogP contribution in [-0.2, 0) is 0 Å². The third kappa shape index (κ3) is 4.66. The molecule has 20 heavy (non-hydrogen) atoms. The van der Waals surface area contributed by atoms with Crippen LogP contribution in [0.3, 0.4) is 0 Å². The van der Waals surface area contributed by atoms with E-state index in [1.54, 1.807) is 0 Å². The molecule has 0 aromatic heterocycles. The number of β-amino-alcohol motifs (C(OH)–C–C–N with tert-alkyl or cyclic N) is 1. The van der Waals surface area contributed by atoms with Gasteiger partial charge in [0.05, 0.1) is 6.10 Å². The van der Waals surface area contributed by atoms with Crippen molar-refractivity contribution in [3.05, 3.63) is 42.0 Å². The predicted octanol–water partition coefficient (Wildman–Crippen LogP) is 3.16. The van der Waals surface area contributed by atoms with Gasteiger partial charge in [0.2, 0.25) is 0 Å². The van der Waals surface area contributed by atoms with Crippen molar-refractivity contribution in [2.24, 2.45) is 0 Å². The molecule has 0 amide bonds. The summed E-state index contributed by atoms with van der Waals surface area (Å²) in [5.41, 5.74) is 1.96. The SMILES string of the molecule is C=C(C)COc1ccc(C(O)CN2CCCCC2)cc1. The summed E-state index contributed by atoms with van der Waals surface area (Å²) in [7, 11) is 0. The fourth-order valence-electron chi connectivity index (χ4n) is 2.48. The zero-order valence-corrected chi connectivity index (χ0v) is 12.3. The summed E-state index contributed by atoms with van der Waals surface area (Å²) >= 11 is 0. The van der Waals surface area contributed by atoms with Gasteiger partial charge < -0.3 is 14.7 Å². The van der Waals surface area contributed by atoms with Crippen LogP contribution in [0.4, 0.5) is 0 Å². The lowest BCUT2D eigenvalue weighted by Gasteiger charge is -2.28. The Kier molecular flexibility index (Phi) is 5.62. The molecule has 1 saturated heterocycles. The van der Waals surface area contributed by atoms with E-state index in [0.29, 0.717) is 6.61 Å². The number of ether oxygens (including phenoxy) is 1. The van der Waals surface area contributed by atoms with Crippen molar-refractivity contribution >= 4 is 0 Å². The molecular weight excluding hydrogens is 250 g/mol. The Labute approximate surface area is 121 Å². The second-order valence-electron chi connectivity index (χ2n) is 5.69. The summed E-state index contributed by atoms with van der Waals surface area (Å²) in [6.07, 6.45) is 3.41. The first kappa shape index (κ1) is 15.1. The molecule has 0 saturated carbocycles. The Balaban J connectivity index is 1.86. The molecule has 1 aromatic carbocycles. The van der Waals surface area contributed by atoms with Gasteiger partial charge in [-0.25, -0.2) is 0 Å². The predicted molar refractivity (Wildman–Crippen MR) is 82.0 cm³/mol. The van der Waals surface area contributed by atoms with Crippen molar-refractivity contribution in [3.63, 3.8) is 0 Å². The third-order valence-electron chi connectivity index (χ3n) is 3.63. The maximum Gasteiger partial charge on any atom is 0.119 e. The van der Waals surface area contributed by atoms with Gasteiger partial charge in [-0.1, -0.05) is 25.1 Å². The third-order valence-corrected chi connectivity index (χ3v) is 3.63. The molecule has 1 aromatic rings. The van der Waals surface area contributed by atoms with Crippen molar-refractivity contribution < 1.29 is 9.84 Å². The van der Waals surface area contributed by atoms with Crippen molar-refractivity contribution in [2.75, 3.05) is 26.2 Å². The number of rotatable bonds is 6. The highest BCUT2D eigenvalue weighted by atomic mass is 16.5. The van der Waals surface area contributed by atoms with Gasteiger partial charge in [-0.2, -0.15) is 0 Å². The molecule has 1 N–H and O–H groups in total. The Hall–Kier alpha value is -1.32. The van der Waals surface area contributed by atoms with Crippen LogP contribution in [0.5, 0.6) is 5.75 Å². The van der Waals surface area contributed by atoms with Crippen molar-refractivity contribution in [1.82, 2.24) is 4.90 Å². The summed E-state index contributed by atoms with van der Waals surface area (Å²) in [5, 5.41) is 10.3. The van der Waals surface area contributed by atoms with Gasteiger partial charge in [0.15, 0.2) is 0 Å². The average Bonchev–Trinajstić information content (AvgIpc) is 2.46. The molecule has 1 fully saturated rings. The summed E-state index contributed by atoms with van der Waals surface area (Å²) in [6.45, 7) is 9.23. The van der Waals surface area contributed by atoms with E-state index in [2.05, 4.69) is 11.5 Å². The summed E-state index contributed by atoms with van der Waals surface area (Å²) in [5.74, 6) is 0.821. The number of nitrogens with zero attached hydrogens (tertiary/aromatic N) is 1. The number of aliphatic hydroxyl groups excluding tert-OH is 1. The van der Waals surface area contributed by atoms with E-state index < -0.39 is 6.10 Å². The number of benzene rings is 1. The molecule has 1 atom stereocenters. The molecule has 110 valence electrons. The number of likely N-dealkylation sites (tertiary alicyclic amines) is 1. The first-order valence-corrected chi connectivity index (χ1v) is 7.43. The van der Waals surface area contributed by atoms with Gasteiger partial charge in [-0.15, -0.1) is 0 Å². The average molecular weight is 275 g/mol. The highest BCUT2D eigenvalue weighted by Crippen LogP contribution is 2.20. The van der Waals surface area contributed by atoms with Crippen molar-refractivity contribution in [1.29, 1.82) is 0 Å². The second-order valence-corrected chi connectivity index (χ2v) is 5.69. The van der Waals surface area contributed by atoms with Crippen molar-refractivity contribution in [3.8, 4) is 5.75 Å². The smallest absolute Gasteiger partial charge is 0.119 e. The molecule has 1 heterocycles. The Morgan fingerprint density at radius 2 is 1.90 bits per heavy atom. The van der Waals surface area contributed by atoms with Crippen molar-refractivity contribution in [2.45, 2.75) is 32.3 Å². The Morgan fingerprint density at radius 1 is 1.25 bits per heavy atom. The largest absolute Gasteiger partial charge is 0.489 e. The standard InChI is InChI=1S/C17H25NO2/c1-14(2)13-20-16-8-6-15(7-9-16)17(19)12-18-10-4-3-5-11-18/h6-9,17,19H,1,3-5,10-13H2,2H3. The van der Waals surface area contributed by atoms with E-state index in [1.165, 1.54) is 19.3 Å². The maximum absolute atomic E-state index is 10.3. The topological polar surface area (TPSA) is 32.7 Å². The first-order chi connectivity index (χ1) is 9.65. The van der Waals surface area contributed by atoms with Gasteiger partial charge in [0.1, 0.15) is 12.4 Å². The minimum absolute atomic E-state index is 0.414. The van der Waals surface area contributed by atoms with Gasteiger partial charge in [-0.3, -0.25) is 0 Å². The minimum Gasteiger partial charge on any atom is -0.489 e. The van der Waals surface area contributed by atoms with Gasteiger partial charge in [-0.05, 0) is 56.1 Å². The molecule has 1 unspecified atom stereocenters. The molecule has 0 bridgehead atoms. The molecule has 1 aliphatic rings. The van der Waals surface area contributed by atoms with E-state index in [9.17, 15) is 5.11 Å². The van der Waals surface area contributed by atoms with E-state index >= 15 is 0 Å². The van der Waals surface area contributed by atoms with E-state index in [4.69, 9.17) is 4.74 Å². The number of aliphatic hydroxyl groups is 1. The highest BCUT2D eigenvalue weighted by molar-refractivity contribution is 5.29. The minimum atomic E-state index is -0.414. The first-order valence-electron chi connectivity index (χ1n) is 7.43. The van der Waals surface area contributed by atoms with Crippen LogP contribution < -0.4 is 4.74 Å². The van der Waals surface area contributed by atoms with Crippen LogP contribution in [0.1, 0.15) is 37.9 Å². The molecule has 1 aliphatic heterocycles. The summed E-state index contributed by atoms with van der Waals surface area (Å²) < 4.78 is 5.56. The Bertz CT molecular complexity index is 421. The maximum atomic E-state index is 10.3. The number of piperidine rings is 1. The normalized spacial score (nSPS) is 17.7. The molecule has 0 spiro atoms. The number of hydrogen-bond acceptors (Lipinski definition) is 3.